The van der Waals surface area contributed by atoms with E-state index in [4.69, 9.17) is 9.15 Å². The second-order valence-electron chi connectivity index (χ2n) is 4.68. The Morgan fingerprint density at radius 2 is 2.21 bits per heavy atom. The number of carbonyl (C=O) groups is 1. The minimum Gasteiger partial charge on any atom is -0.467 e. The zero-order valence-electron chi connectivity index (χ0n) is 12.1. The Kier molecular flexibility index (Phi) is 6.59. The van der Waals surface area contributed by atoms with E-state index >= 15 is 0 Å². The normalized spacial score (nSPS) is 12.7. The van der Waals surface area contributed by atoms with Gasteiger partial charge in [-0.25, -0.2) is 4.79 Å². The van der Waals surface area contributed by atoms with Gasteiger partial charge in [0.05, 0.1) is 25.8 Å². The van der Waals surface area contributed by atoms with Crippen LogP contribution in [-0.2, 0) is 16.0 Å². The van der Waals surface area contributed by atoms with E-state index < -0.39 is 0 Å². The molecule has 0 radical (unpaired) electrons. The average molecular weight is 269 g/mol. The maximum Gasteiger partial charge on any atom is 0.341 e. The SMILES string of the molecule is CCOCC(NCc1cc(C(=O)OC)co1)C(C)C. The van der Waals surface area contributed by atoms with Gasteiger partial charge in [-0.1, -0.05) is 13.8 Å². The summed E-state index contributed by atoms with van der Waals surface area (Å²) in [6.07, 6.45) is 1.41. The molecule has 0 aliphatic heterocycles. The molecule has 108 valence electrons. The predicted octanol–water partition coefficient (Wildman–Crippen LogP) is 2.22. The topological polar surface area (TPSA) is 60.7 Å². The molecule has 0 bridgehead atoms. The van der Waals surface area contributed by atoms with Crippen molar-refractivity contribution in [2.45, 2.75) is 33.4 Å². The maximum atomic E-state index is 11.3. The summed E-state index contributed by atoms with van der Waals surface area (Å²) in [7, 11) is 1.35. The molecule has 0 aliphatic rings. The number of ether oxygens (including phenoxy) is 2. The molecular weight excluding hydrogens is 246 g/mol. The van der Waals surface area contributed by atoms with Crippen LogP contribution in [0.15, 0.2) is 16.7 Å². The van der Waals surface area contributed by atoms with Crippen LogP contribution in [0.5, 0.6) is 0 Å². The molecule has 1 rings (SSSR count). The molecule has 1 aromatic heterocycles. The van der Waals surface area contributed by atoms with E-state index in [1.54, 1.807) is 6.07 Å². The van der Waals surface area contributed by atoms with Gasteiger partial charge in [0, 0.05) is 12.6 Å². The molecule has 1 N–H and O–H groups in total. The smallest absolute Gasteiger partial charge is 0.341 e. The van der Waals surface area contributed by atoms with Gasteiger partial charge in [0.2, 0.25) is 0 Å². The number of carbonyl (C=O) groups excluding carboxylic acids is 1. The van der Waals surface area contributed by atoms with Crippen LogP contribution in [0.1, 0.15) is 36.9 Å². The highest BCUT2D eigenvalue weighted by Gasteiger charge is 2.15. The molecular formula is C14H23NO4. The highest BCUT2D eigenvalue weighted by molar-refractivity contribution is 5.88. The average Bonchev–Trinajstić information content (AvgIpc) is 2.86. The van der Waals surface area contributed by atoms with Crippen LogP contribution in [0, 0.1) is 5.92 Å². The number of hydrogen-bond donors (Lipinski definition) is 1. The van der Waals surface area contributed by atoms with Gasteiger partial charge in [-0.05, 0) is 18.9 Å². The van der Waals surface area contributed by atoms with Gasteiger partial charge < -0.3 is 19.2 Å². The lowest BCUT2D eigenvalue weighted by Gasteiger charge is -2.21. The fourth-order valence-corrected chi connectivity index (χ4v) is 1.66. The fourth-order valence-electron chi connectivity index (χ4n) is 1.66. The molecule has 1 atom stereocenters. The Balaban J connectivity index is 2.49. The second-order valence-corrected chi connectivity index (χ2v) is 4.68. The third-order valence-electron chi connectivity index (χ3n) is 2.92. The van der Waals surface area contributed by atoms with E-state index in [1.165, 1.54) is 13.4 Å². The quantitative estimate of drug-likeness (QED) is 0.733. The van der Waals surface area contributed by atoms with Crippen LogP contribution in [-0.4, -0.2) is 32.3 Å². The van der Waals surface area contributed by atoms with Crippen molar-refractivity contribution in [2.75, 3.05) is 20.3 Å². The third-order valence-corrected chi connectivity index (χ3v) is 2.92. The molecule has 0 fully saturated rings. The van der Waals surface area contributed by atoms with Crippen molar-refractivity contribution in [2.24, 2.45) is 5.92 Å². The number of methoxy groups -OCH3 is 1. The number of rotatable bonds is 8. The molecule has 0 amide bonds. The van der Waals surface area contributed by atoms with Crippen LogP contribution in [0.2, 0.25) is 0 Å². The van der Waals surface area contributed by atoms with Crippen molar-refractivity contribution < 1.29 is 18.7 Å². The summed E-state index contributed by atoms with van der Waals surface area (Å²) in [5.41, 5.74) is 0.435. The standard InChI is InChI=1S/C14H23NO4/c1-5-18-9-13(10(2)3)15-7-12-6-11(8-19-12)14(16)17-4/h6,8,10,13,15H,5,7,9H2,1-4H3. The maximum absolute atomic E-state index is 11.3. The lowest BCUT2D eigenvalue weighted by atomic mass is 10.1. The van der Waals surface area contributed by atoms with Crippen molar-refractivity contribution >= 4 is 5.97 Å². The number of esters is 1. The van der Waals surface area contributed by atoms with E-state index in [0.29, 0.717) is 37.0 Å². The van der Waals surface area contributed by atoms with Crippen molar-refractivity contribution in [1.29, 1.82) is 0 Å². The van der Waals surface area contributed by atoms with Crippen molar-refractivity contribution in [1.82, 2.24) is 5.32 Å². The molecule has 1 unspecified atom stereocenters. The minimum absolute atomic E-state index is 0.256. The Morgan fingerprint density at radius 3 is 2.79 bits per heavy atom. The second kappa shape index (κ2) is 7.96. The summed E-state index contributed by atoms with van der Waals surface area (Å²) >= 11 is 0. The first-order chi connectivity index (χ1) is 9.08. The summed E-state index contributed by atoms with van der Waals surface area (Å²) in [6.45, 7) is 8.19. The number of nitrogens with one attached hydrogen (secondary N) is 1. The van der Waals surface area contributed by atoms with Crippen LogP contribution in [0.25, 0.3) is 0 Å². The highest BCUT2D eigenvalue weighted by atomic mass is 16.5. The molecule has 1 heterocycles. The van der Waals surface area contributed by atoms with Gasteiger partial charge in [-0.15, -0.1) is 0 Å². The molecule has 19 heavy (non-hydrogen) atoms. The van der Waals surface area contributed by atoms with E-state index in [0.717, 1.165) is 0 Å². The van der Waals surface area contributed by atoms with E-state index in [9.17, 15) is 4.79 Å². The first-order valence-electron chi connectivity index (χ1n) is 6.55. The van der Waals surface area contributed by atoms with E-state index in [2.05, 4.69) is 23.9 Å². The zero-order chi connectivity index (χ0) is 14.3. The van der Waals surface area contributed by atoms with Crippen LogP contribution in [0.4, 0.5) is 0 Å². The van der Waals surface area contributed by atoms with Crippen molar-refractivity contribution in [3.63, 3.8) is 0 Å². The number of furan rings is 1. The lowest BCUT2D eigenvalue weighted by Crippen LogP contribution is -2.37. The third kappa shape index (κ3) is 5.04. The monoisotopic (exact) mass is 269 g/mol. The highest BCUT2D eigenvalue weighted by Crippen LogP contribution is 2.10. The summed E-state index contributed by atoms with van der Waals surface area (Å²) < 4.78 is 15.4. The van der Waals surface area contributed by atoms with Crippen LogP contribution in [0.3, 0.4) is 0 Å². The van der Waals surface area contributed by atoms with Gasteiger partial charge in [-0.3, -0.25) is 0 Å². The molecule has 0 aliphatic carbocycles. The summed E-state index contributed by atoms with van der Waals surface area (Å²) in [5, 5.41) is 3.37. The Morgan fingerprint density at radius 1 is 1.47 bits per heavy atom. The van der Waals surface area contributed by atoms with E-state index in [1.807, 2.05) is 6.92 Å². The van der Waals surface area contributed by atoms with Crippen molar-refractivity contribution in [3.05, 3.63) is 23.7 Å². The lowest BCUT2D eigenvalue weighted by molar-refractivity contribution is 0.0600. The Labute approximate surface area is 114 Å². The zero-order valence-corrected chi connectivity index (χ0v) is 12.1. The number of hydrogen-bond acceptors (Lipinski definition) is 5. The van der Waals surface area contributed by atoms with Gasteiger partial charge in [0.15, 0.2) is 0 Å². The Hall–Kier alpha value is -1.33. The first kappa shape index (κ1) is 15.7. The molecule has 0 spiro atoms. The summed E-state index contributed by atoms with van der Waals surface area (Å²) in [5.74, 6) is 0.786. The van der Waals surface area contributed by atoms with Gasteiger partial charge >= 0.3 is 5.97 Å². The predicted molar refractivity (Wildman–Crippen MR) is 72.0 cm³/mol. The van der Waals surface area contributed by atoms with Crippen molar-refractivity contribution in [3.8, 4) is 0 Å². The van der Waals surface area contributed by atoms with Gasteiger partial charge in [-0.2, -0.15) is 0 Å². The largest absolute Gasteiger partial charge is 0.467 e. The Bertz CT molecular complexity index is 387. The van der Waals surface area contributed by atoms with Crippen LogP contribution >= 0.6 is 0 Å². The molecule has 0 aromatic carbocycles. The van der Waals surface area contributed by atoms with Gasteiger partial charge in [0.1, 0.15) is 12.0 Å². The molecule has 0 saturated heterocycles. The summed E-state index contributed by atoms with van der Waals surface area (Å²) in [4.78, 5) is 11.3. The first-order valence-corrected chi connectivity index (χ1v) is 6.55. The molecule has 1 aromatic rings. The molecule has 5 heteroatoms. The molecule has 5 nitrogen and oxygen atoms in total. The fraction of sp³-hybridized carbons (Fsp3) is 0.643. The molecule has 0 saturated carbocycles. The summed E-state index contributed by atoms with van der Waals surface area (Å²) in [6, 6.07) is 1.95. The van der Waals surface area contributed by atoms with Crippen LogP contribution < -0.4 is 5.32 Å². The minimum atomic E-state index is -0.385. The van der Waals surface area contributed by atoms with E-state index in [-0.39, 0.29) is 12.0 Å². The van der Waals surface area contributed by atoms with Gasteiger partial charge in [0.25, 0.3) is 0 Å².